The Morgan fingerprint density at radius 3 is 2.37 bits per heavy atom. The number of benzene rings is 2. The maximum Gasteiger partial charge on any atom is 0.161 e. The molecule has 0 spiro atoms. The minimum Gasteiger partial charge on any atom is -0.530 e. The zero-order valence-corrected chi connectivity index (χ0v) is 21.5. The van der Waals surface area contributed by atoms with E-state index in [4.69, 9.17) is 9.47 Å². The van der Waals surface area contributed by atoms with E-state index in [9.17, 15) is 9.90 Å². The van der Waals surface area contributed by atoms with Gasteiger partial charge in [0.25, 0.3) is 0 Å². The number of amides is 1. The molecule has 1 aliphatic carbocycles. The number of carboxylic acid groups (broad SMARTS) is 1. The number of rotatable bonds is 6. The molecule has 0 unspecified atom stereocenters. The highest BCUT2D eigenvalue weighted by atomic mass is 16.5. The van der Waals surface area contributed by atoms with Gasteiger partial charge in [0, 0.05) is 12.6 Å². The second-order valence-corrected chi connectivity index (χ2v) is 11.4. The summed E-state index contributed by atoms with van der Waals surface area (Å²) in [5, 5.41) is 12.6. The van der Waals surface area contributed by atoms with Crippen molar-refractivity contribution in [1.29, 1.82) is 0 Å². The summed E-state index contributed by atoms with van der Waals surface area (Å²) in [6.07, 6.45) is 2.01. The summed E-state index contributed by atoms with van der Waals surface area (Å²) in [4.78, 5) is 16.7. The van der Waals surface area contributed by atoms with Gasteiger partial charge in [-0.25, -0.2) is 0 Å². The Morgan fingerprint density at radius 2 is 1.77 bits per heavy atom. The van der Waals surface area contributed by atoms with E-state index in [-0.39, 0.29) is 23.6 Å². The summed E-state index contributed by atoms with van der Waals surface area (Å²) in [6, 6.07) is 12.3. The van der Waals surface area contributed by atoms with Crippen LogP contribution in [0.4, 0.5) is 4.79 Å². The number of carbonyl (C=O) groups excluding carboxylic acids is 1. The van der Waals surface area contributed by atoms with Crippen LogP contribution in [0.25, 0.3) is 11.1 Å². The molecule has 6 nitrogen and oxygen atoms in total. The van der Waals surface area contributed by atoms with Crippen LogP contribution in [0.3, 0.4) is 0 Å². The maximum absolute atomic E-state index is 12.6. The van der Waals surface area contributed by atoms with Crippen LogP contribution in [0, 0.1) is 11.3 Å². The number of methoxy groups -OCH3 is 1. The summed E-state index contributed by atoms with van der Waals surface area (Å²) in [5.74, 6) is 1.87. The summed E-state index contributed by atoms with van der Waals surface area (Å²) in [7, 11) is 1.66. The monoisotopic (exact) mass is 477 g/mol. The molecule has 3 fully saturated rings. The van der Waals surface area contributed by atoms with E-state index in [1.165, 1.54) is 5.56 Å². The highest BCUT2D eigenvalue weighted by molar-refractivity contribution is 5.70. The van der Waals surface area contributed by atoms with E-state index < -0.39 is 6.09 Å². The lowest BCUT2D eigenvalue weighted by atomic mass is 9.79. The van der Waals surface area contributed by atoms with Crippen LogP contribution in [-0.2, 0) is 6.42 Å². The van der Waals surface area contributed by atoms with Crippen molar-refractivity contribution in [1.82, 2.24) is 9.80 Å². The van der Waals surface area contributed by atoms with Gasteiger partial charge in [0.1, 0.15) is 6.09 Å². The highest BCUT2D eigenvalue weighted by Gasteiger charge is 2.48. The van der Waals surface area contributed by atoms with Crippen molar-refractivity contribution in [2.75, 3.05) is 26.7 Å². The van der Waals surface area contributed by atoms with Gasteiger partial charge in [0.15, 0.2) is 11.5 Å². The Balaban J connectivity index is 1.49. The molecule has 0 saturated carbocycles. The molecular formula is C29H37N2O4-. The normalized spacial score (nSPS) is 26.5. The smallest absolute Gasteiger partial charge is 0.161 e. The number of nitrogens with zero attached hydrogens (tertiary/aromatic N) is 2. The molecule has 188 valence electrons. The second kappa shape index (κ2) is 9.05. The largest absolute Gasteiger partial charge is 0.530 e. The lowest BCUT2D eigenvalue weighted by Gasteiger charge is -2.53. The van der Waals surface area contributed by atoms with Gasteiger partial charge in [0.05, 0.1) is 19.3 Å². The van der Waals surface area contributed by atoms with Gasteiger partial charge in [-0.05, 0) is 91.9 Å². The minimum atomic E-state index is -1.04. The standard InChI is InChI=1S/C29H38N2O4/c1-18(2)35-25-9-7-21(15-26(25)34-5)20-6-8-23-22(14-20)16-29(3,4)27(23)31(28(32)33)24-17-30-12-10-19(24)11-13-30/h6-9,14-15,18-19,24,27H,10-13,16-17H2,1-5H3,(H,32,33)/p-1/t24-,27+/m1/s1. The molecule has 2 aromatic rings. The third kappa shape index (κ3) is 4.37. The SMILES string of the molecule is COc1cc(-c2ccc3c(c2)CC(C)(C)[C@H]3N(C(=O)[O-])[C@@H]2CN3CCC2CC3)ccc1OC(C)C. The zero-order chi connectivity index (χ0) is 24.9. The van der Waals surface area contributed by atoms with Crippen molar-refractivity contribution in [2.24, 2.45) is 11.3 Å². The van der Waals surface area contributed by atoms with E-state index in [2.05, 4.69) is 43.0 Å². The topological polar surface area (TPSA) is 65.1 Å². The first-order valence-corrected chi connectivity index (χ1v) is 12.9. The molecule has 0 aromatic heterocycles. The van der Waals surface area contributed by atoms with E-state index in [1.54, 1.807) is 12.0 Å². The molecule has 4 aliphatic rings. The fourth-order valence-electron chi connectivity index (χ4n) is 6.62. The first-order valence-electron chi connectivity index (χ1n) is 12.9. The summed E-state index contributed by atoms with van der Waals surface area (Å²) >= 11 is 0. The maximum atomic E-state index is 12.6. The van der Waals surface area contributed by atoms with Gasteiger partial charge in [-0.3, -0.25) is 0 Å². The zero-order valence-electron chi connectivity index (χ0n) is 21.5. The Kier molecular flexibility index (Phi) is 6.20. The summed E-state index contributed by atoms with van der Waals surface area (Å²) in [6.45, 7) is 11.4. The third-order valence-electron chi connectivity index (χ3n) is 8.15. The van der Waals surface area contributed by atoms with E-state index in [0.717, 1.165) is 61.3 Å². The minimum absolute atomic E-state index is 0.00941. The average molecular weight is 478 g/mol. The average Bonchev–Trinajstić information content (AvgIpc) is 3.09. The molecule has 0 N–H and O–H groups in total. The fourth-order valence-corrected chi connectivity index (χ4v) is 6.62. The number of hydrogen-bond donors (Lipinski definition) is 0. The van der Waals surface area contributed by atoms with Gasteiger partial charge < -0.3 is 29.2 Å². The molecular weight excluding hydrogens is 440 g/mol. The van der Waals surface area contributed by atoms with Crippen LogP contribution in [0.1, 0.15) is 57.7 Å². The van der Waals surface area contributed by atoms with Crippen LogP contribution < -0.4 is 14.6 Å². The lowest BCUT2D eigenvalue weighted by molar-refractivity contribution is -0.276. The van der Waals surface area contributed by atoms with Gasteiger partial charge in [-0.1, -0.05) is 38.1 Å². The van der Waals surface area contributed by atoms with Crippen molar-refractivity contribution >= 4 is 6.09 Å². The van der Waals surface area contributed by atoms with Crippen LogP contribution in [-0.4, -0.2) is 54.8 Å². The van der Waals surface area contributed by atoms with Gasteiger partial charge in [-0.15, -0.1) is 0 Å². The molecule has 2 atom stereocenters. The van der Waals surface area contributed by atoms with Crippen LogP contribution in [0.15, 0.2) is 36.4 Å². The molecule has 3 saturated heterocycles. The van der Waals surface area contributed by atoms with Crippen molar-refractivity contribution in [3.63, 3.8) is 0 Å². The molecule has 0 radical (unpaired) electrons. The van der Waals surface area contributed by atoms with E-state index in [1.807, 2.05) is 26.0 Å². The van der Waals surface area contributed by atoms with E-state index >= 15 is 0 Å². The lowest BCUT2D eigenvalue weighted by Crippen LogP contribution is -2.62. The molecule has 6 heteroatoms. The third-order valence-corrected chi connectivity index (χ3v) is 8.15. The number of fused-ring (bicyclic) bond motifs is 4. The number of ether oxygens (including phenoxy) is 2. The Bertz CT molecular complexity index is 1100. The van der Waals surface area contributed by atoms with E-state index in [0.29, 0.717) is 11.7 Å². The molecule has 6 rings (SSSR count). The predicted octanol–water partition coefficient (Wildman–Crippen LogP) is 4.51. The summed E-state index contributed by atoms with van der Waals surface area (Å²) in [5.41, 5.74) is 4.27. The van der Waals surface area contributed by atoms with Crippen molar-refractivity contribution in [3.8, 4) is 22.6 Å². The summed E-state index contributed by atoms with van der Waals surface area (Å²) < 4.78 is 11.5. The molecule has 3 heterocycles. The first-order chi connectivity index (χ1) is 16.7. The number of piperidine rings is 3. The quantitative estimate of drug-likeness (QED) is 0.612. The molecule has 35 heavy (non-hydrogen) atoms. The second-order valence-electron chi connectivity index (χ2n) is 11.4. The van der Waals surface area contributed by atoms with Crippen LogP contribution in [0.2, 0.25) is 0 Å². The number of carbonyl (C=O) groups is 1. The molecule has 3 aliphatic heterocycles. The molecule has 2 bridgehead atoms. The fraction of sp³-hybridized carbons (Fsp3) is 0.552. The van der Waals surface area contributed by atoms with Gasteiger partial charge in [-0.2, -0.15) is 0 Å². The van der Waals surface area contributed by atoms with Crippen LogP contribution >= 0.6 is 0 Å². The van der Waals surface area contributed by atoms with Crippen molar-refractivity contribution in [2.45, 2.75) is 65.1 Å². The molecule has 2 aromatic carbocycles. The molecule has 1 amide bonds. The Morgan fingerprint density at radius 1 is 1.09 bits per heavy atom. The van der Waals surface area contributed by atoms with Crippen LogP contribution in [0.5, 0.6) is 11.5 Å². The van der Waals surface area contributed by atoms with Crippen molar-refractivity contribution < 1.29 is 19.4 Å². The van der Waals surface area contributed by atoms with Gasteiger partial charge in [0.2, 0.25) is 0 Å². The Hall–Kier alpha value is -2.73. The first kappa shape index (κ1) is 24.0. The van der Waals surface area contributed by atoms with Gasteiger partial charge >= 0.3 is 0 Å². The Labute approximate surface area is 208 Å². The number of hydrogen-bond acceptors (Lipinski definition) is 5. The van der Waals surface area contributed by atoms with Crippen molar-refractivity contribution in [3.05, 3.63) is 47.5 Å². The highest BCUT2D eigenvalue weighted by Crippen LogP contribution is 2.51. The predicted molar refractivity (Wildman–Crippen MR) is 135 cm³/mol.